The maximum absolute atomic E-state index is 14.9. The zero-order chi connectivity index (χ0) is 26.9. The number of hydrogen-bond donors (Lipinski definition) is 3. The van der Waals surface area contributed by atoms with Gasteiger partial charge in [0.2, 0.25) is 11.7 Å². The number of para-hydroxylation sites is 1. The molecule has 1 amide bonds. The average molecular weight is 508 g/mol. The highest BCUT2D eigenvalue weighted by molar-refractivity contribution is 6.15. The zero-order valence-corrected chi connectivity index (χ0v) is 20.1. The molecule has 11 heteroatoms. The van der Waals surface area contributed by atoms with Crippen LogP contribution in [0, 0.1) is 18.6 Å². The van der Waals surface area contributed by atoms with E-state index in [0.717, 1.165) is 17.7 Å². The number of halogens is 2. The molecule has 0 radical (unpaired) electrons. The molecule has 0 saturated carbocycles. The maximum atomic E-state index is 14.9. The summed E-state index contributed by atoms with van der Waals surface area (Å²) in [5, 5.41) is 6.10. The number of pyridine rings is 1. The molecule has 0 aliphatic heterocycles. The van der Waals surface area contributed by atoms with Crippen LogP contribution in [0.5, 0.6) is 11.5 Å². The van der Waals surface area contributed by atoms with Crippen LogP contribution in [0.25, 0.3) is 11.0 Å². The molecule has 0 unspecified atom stereocenters. The fourth-order valence-corrected chi connectivity index (χ4v) is 3.71. The van der Waals surface area contributed by atoms with E-state index in [1.807, 2.05) is 13.0 Å². The second-order valence-corrected chi connectivity index (χ2v) is 7.84. The first-order valence-corrected chi connectivity index (χ1v) is 10.8. The van der Waals surface area contributed by atoms with Crippen molar-refractivity contribution < 1.29 is 32.3 Å². The van der Waals surface area contributed by atoms with Crippen LogP contribution >= 0.6 is 0 Å². The third-order valence-electron chi connectivity index (χ3n) is 5.59. The Morgan fingerprint density at radius 3 is 2.43 bits per heavy atom. The molecule has 4 N–H and O–H groups in total. The number of nitrogens with two attached hydrogens (primary N) is 1. The highest BCUT2D eigenvalue weighted by Crippen LogP contribution is 2.37. The van der Waals surface area contributed by atoms with Gasteiger partial charge in [0.25, 0.3) is 0 Å². The van der Waals surface area contributed by atoms with Gasteiger partial charge in [-0.2, -0.15) is 0 Å². The predicted octanol–water partition coefficient (Wildman–Crippen LogP) is 5.11. The van der Waals surface area contributed by atoms with Crippen molar-refractivity contribution in [3.63, 3.8) is 0 Å². The smallest absolute Gasteiger partial charge is 0.247 e. The summed E-state index contributed by atoms with van der Waals surface area (Å²) in [6.07, 6.45) is 2.45. The SMILES string of the molecule is C=CC(=O)Nc1cccc(C)c1Nc1cc2c(N)c(C(=O)c3c(F)c(OC)cc(OC)c3F)oc2cn1. The Balaban J connectivity index is 1.76. The van der Waals surface area contributed by atoms with Gasteiger partial charge in [-0.3, -0.25) is 9.59 Å². The highest BCUT2D eigenvalue weighted by Gasteiger charge is 2.30. The largest absolute Gasteiger partial charge is 0.494 e. The van der Waals surface area contributed by atoms with E-state index >= 15 is 0 Å². The lowest BCUT2D eigenvalue weighted by Crippen LogP contribution is -2.11. The number of amides is 1. The van der Waals surface area contributed by atoms with E-state index in [9.17, 15) is 18.4 Å². The van der Waals surface area contributed by atoms with E-state index in [2.05, 4.69) is 22.2 Å². The zero-order valence-electron chi connectivity index (χ0n) is 20.1. The van der Waals surface area contributed by atoms with Gasteiger partial charge in [-0.05, 0) is 30.7 Å². The molecule has 2 aromatic carbocycles. The lowest BCUT2D eigenvalue weighted by atomic mass is 10.0. The minimum absolute atomic E-state index is 0.118. The number of benzene rings is 2. The quantitative estimate of drug-likeness (QED) is 0.221. The molecule has 2 heterocycles. The topological polar surface area (TPSA) is 129 Å². The van der Waals surface area contributed by atoms with Crippen LogP contribution < -0.4 is 25.8 Å². The van der Waals surface area contributed by atoms with Gasteiger partial charge in [0.1, 0.15) is 11.4 Å². The van der Waals surface area contributed by atoms with Gasteiger partial charge in [0, 0.05) is 11.5 Å². The van der Waals surface area contributed by atoms with Crippen molar-refractivity contribution in [2.24, 2.45) is 0 Å². The number of methoxy groups -OCH3 is 2. The summed E-state index contributed by atoms with van der Waals surface area (Å²) in [5.41, 5.74) is 7.08. The van der Waals surface area contributed by atoms with Crippen LogP contribution in [0.1, 0.15) is 21.7 Å². The number of ether oxygens (including phenoxy) is 2. The van der Waals surface area contributed by atoms with E-state index in [4.69, 9.17) is 19.6 Å². The number of anilines is 4. The Bertz CT molecular complexity index is 1540. The Morgan fingerprint density at radius 1 is 1.14 bits per heavy atom. The minimum Gasteiger partial charge on any atom is -0.494 e. The summed E-state index contributed by atoms with van der Waals surface area (Å²) in [6, 6.07) is 7.80. The van der Waals surface area contributed by atoms with Crippen LogP contribution in [-0.2, 0) is 4.79 Å². The molecule has 9 nitrogen and oxygen atoms in total. The number of ketones is 1. The first-order valence-electron chi connectivity index (χ1n) is 10.8. The lowest BCUT2D eigenvalue weighted by Gasteiger charge is -2.14. The first-order chi connectivity index (χ1) is 17.7. The molecule has 37 heavy (non-hydrogen) atoms. The van der Waals surface area contributed by atoms with Crippen molar-refractivity contribution in [1.29, 1.82) is 0 Å². The van der Waals surface area contributed by atoms with Crippen LogP contribution in [0.15, 0.2) is 53.6 Å². The van der Waals surface area contributed by atoms with Gasteiger partial charge in [0.15, 0.2) is 34.5 Å². The number of carbonyl (C=O) groups is 2. The van der Waals surface area contributed by atoms with Gasteiger partial charge in [-0.25, -0.2) is 13.8 Å². The van der Waals surface area contributed by atoms with Gasteiger partial charge in [-0.1, -0.05) is 18.7 Å². The summed E-state index contributed by atoms with van der Waals surface area (Å²) in [6.45, 7) is 5.28. The summed E-state index contributed by atoms with van der Waals surface area (Å²) in [7, 11) is 2.34. The van der Waals surface area contributed by atoms with E-state index in [0.29, 0.717) is 17.2 Å². The Morgan fingerprint density at radius 2 is 1.81 bits per heavy atom. The van der Waals surface area contributed by atoms with Crippen molar-refractivity contribution in [3.05, 3.63) is 77.7 Å². The third-order valence-corrected chi connectivity index (χ3v) is 5.59. The molecule has 0 spiro atoms. The standard InChI is InChI=1S/C26H22F2N4O5/c1-5-19(33)31-14-8-6-7-12(2)24(14)32-18-9-13-17(11-30-18)37-26(23(13)29)25(34)20-21(27)15(35-3)10-16(36-4)22(20)28/h5-11H,1,29H2,2-4H3,(H,30,32)(H,31,33). The van der Waals surface area contributed by atoms with E-state index in [1.165, 1.54) is 26.5 Å². The highest BCUT2D eigenvalue weighted by atomic mass is 19.1. The summed E-state index contributed by atoms with van der Waals surface area (Å²) in [4.78, 5) is 29.3. The number of nitrogen functional groups attached to an aromatic ring is 1. The van der Waals surface area contributed by atoms with Crippen LogP contribution in [0.3, 0.4) is 0 Å². The fraction of sp³-hybridized carbons (Fsp3) is 0.115. The molecule has 0 atom stereocenters. The fourth-order valence-electron chi connectivity index (χ4n) is 3.71. The number of carbonyl (C=O) groups excluding carboxylic acids is 2. The molecular weight excluding hydrogens is 486 g/mol. The van der Waals surface area contributed by atoms with Crippen molar-refractivity contribution in [2.75, 3.05) is 30.6 Å². The monoisotopic (exact) mass is 508 g/mol. The van der Waals surface area contributed by atoms with Crippen molar-refractivity contribution in [2.45, 2.75) is 6.92 Å². The summed E-state index contributed by atoms with van der Waals surface area (Å²) >= 11 is 0. The van der Waals surface area contributed by atoms with E-state index < -0.39 is 34.6 Å². The number of aromatic nitrogens is 1. The molecule has 4 rings (SSSR count). The van der Waals surface area contributed by atoms with Crippen LogP contribution in [0.4, 0.5) is 31.7 Å². The molecule has 0 aliphatic rings. The minimum atomic E-state index is -1.22. The number of aryl methyl sites for hydroxylation is 1. The van der Waals surface area contributed by atoms with Crippen molar-refractivity contribution in [3.8, 4) is 11.5 Å². The predicted molar refractivity (Wildman–Crippen MR) is 135 cm³/mol. The molecular formula is C26H22F2N4O5. The Labute approximate surface area is 209 Å². The normalized spacial score (nSPS) is 10.7. The molecule has 2 aromatic heterocycles. The van der Waals surface area contributed by atoms with Crippen LogP contribution in [-0.4, -0.2) is 30.9 Å². The number of nitrogens with zero attached hydrogens (tertiary/aromatic N) is 1. The molecule has 0 fully saturated rings. The lowest BCUT2D eigenvalue weighted by molar-refractivity contribution is -0.111. The van der Waals surface area contributed by atoms with Gasteiger partial charge >= 0.3 is 0 Å². The third kappa shape index (κ3) is 4.54. The van der Waals surface area contributed by atoms with Gasteiger partial charge in [0.05, 0.1) is 37.5 Å². The summed E-state index contributed by atoms with van der Waals surface area (Å²) < 4.78 is 45.1. The molecule has 0 saturated heterocycles. The molecule has 0 bridgehead atoms. The van der Waals surface area contributed by atoms with E-state index in [1.54, 1.807) is 12.1 Å². The number of nitrogens with one attached hydrogen (secondary N) is 2. The van der Waals surface area contributed by atoms with Crippen molar-refractivity contribution in [1.82, 2.24) is 4.98 Å². The number of fused-ring (bicyclic) bond motifs is 1. The average Bonchev–Trinajstić information content (AvgIpc) is 3.22. The maximum Gasteiger partial charge on any atom is 0.247 e. The second-order valence-electron chi connectivity index (χ2n) is 7.84. The molecule has 190 valence electrons. The van der Waals surface area contributed by atoms with Crippen LogP contribution in [0.2, 0.25) is 0 Å². The van der Waals surface area contributed by atoms with Gasteiger partial charge < -0.3 is 30.3 Å². The first kappa shape index (κ1) is 25.2. The Kier molecular flexibility index (Phi) is 6.79. The Hall–Kier alpha value is -4.93. The summed E-state index contributed by atoms with van der Waals surface area (Å²) in [5.74, 6) is -4.92. The molecule has 4 aromatic rings. The number of rotatable bonds is 8. The molecule has 0 aliphatic carbocycles. The van der Waals surface area contributed by atoms with Gasteiger partial charge in [-0.15, -0.1) is 0 Å². The number of hydrogen-bond acceptors (Lipinski definition) is 8. The van der Waals surface area contributed by atoms with E-state index in [-0.39, 0.29) is 28.2 Å². The van der Waals surface area contributed by atoms with Crippen molar-refractivity contribution >= 4 is 45.5 Å². The number of furan rings is 1. The second kappa shape index (κ2) is 9.97.